The third-order valence-electron chi connectivity index (χ3n) is 5.08. The highest BCUT2D eigenvalue weighted by Gasteiger charge is 2.19. The fourth-order valence-electron chi connectivity index (χ4n) is 3.49. The summed E-state index contributed by atoms with van der Waals surface area (Å²) in [5.74, 6) is -0.191. The lowest BCUT2D eigenvalue weighted by Crippen LogP contribution is -3.11. The van der Waals surface area contributed by atoms with Gasteiger partial charge in [-0.1, -0.05) is 78.4 Å². The van der Waals surface area contributed by atoms with Crippen LogP contribution in [0.5, 0.6) is 0 Å². The highest BCUT2D eigenvalue weighted by Crippen LogP contribution is 2.18. The number of carbonyl (C=O) groups excluding carboxylic acids is 2. The van der Waals surface area contributed by atoms with Crippen LogP contribution in [-0.4, -0.2) is 32.0 Å². The molecule has 0 saturated heterocycles. The minimum atomic E-state index is -0.120. The Bertz CT molecular complexity index is 973. The molecule has 0 aromatic heterocycles. The number of carbonyl (C=O) groups is 2. The first-order valence-electron chi connectivity index (χ1n) is 10.6. The van der Waals surface area contributed by atoms with E-state index >= 15 is 0 Å². The maximum absolute atomic E-state index is 12.7. The van der Waals surface area contributed by atoms with Crippen LogP contribution in [0.3, 0.4) is 0 Å². The van der Waals surface area contributed by atoms with Crippen molar-refractivity contribution >= 4 is 17.5 Å². The Hall–Kier alpha value is -3.44. The van der Waals surface area contributed by atoms with E-state index in [9.17, 15) is 9.59 Å². The molecule has 0 bridgehead atoms. The van der Waals surface area contributed by atoms with Crippen molar-refractivity contribution in [2.45, 2.75) is 19.4 Å². The third-order valence-corrected chi connectivity index (χ3v) is 5.08. The summed E-state index contributed by atoms with van der Waals surface area (Å²) >= 11 is 0. The molecule has 160 valence electrons. The first-order chi connectivity index (χ1) is 15.0. The summed E-state index contributed by atoms with van der Waals surface area (Å²) in [5, 5.41) is 6.03. The Morgan fingerprint density at radius 3 is 2.03 bits per heavy atom. The molecule has 0 spiro atoms. The Morgan fingerprint density at radius 2 is 1.39 bits per heavy atom. The van der Waals surface area contributed by atoms with Crippen molar-refractivity contribution in [1.82, 2.24) is 5.32 Å². The summed E-state index contributed by atoms with van der Waals surface area (Å²) in [6, 6.07) is 27.6. The second-order valence-electron chi connectivity index (χ2n) is 7.95. The number of hydrogen-bond acceptors (Lipinski definition) is 2. The molecule has 1 unspecified atom stereocenters. The average molecular weight is 417 g/mol. The van der Waals surface area contributed by atoms with Crippen LogP contribution in [0.25, 0.3) is 0 Å². The number of nitrogens with one attached hydrogen (secondary N) is 3. The van der Waals surface area contributed by atoms with Gasteiger partial charge in [0.25, 0.3) is 11.8 Å². The van der Waals surface area contributed by atoms with Gasteiger partial charge in [0.05, 0.1) is 13.1 Å². The fourth-order valence-corrected chi connectivity index (χ4v) is 3.49. The van der Waals surface area contributed by atoms with Crippen molar-refractivity contribution in [3.05, 3.63) is 102 Å². The van der Waals surface area contributed by atoms with Crippen LogP contribution in [0.15, 0.2) is 84.9 Å². The first kappa shape index (κ1) is 22.2. The van der Waals surface area contributed by atoms with E-state index in [1.165, 1.54) is 0 Å². The number of rotatable bonds is 9. The van der Waals surface area contributed by atoms with Gasteiger partial charge in [-0.25, -0.2) is 0 Å². The average Bonchev–Trinajstić information content (AvgIpc) is 2.76. The maximum Gasteiger partial charge on any atom is 0.279 e. The lowest BCUT2D eigenvalue weighted by Gasteiger charge is -2.21. The Kier molecular flexibility index (Phi) is 7.96. The van der Waals surface area contributed by atoms with Crippen LogP contribution in [0.1, 0.15) is 22.7 Å². The van der Waals surface area contributed by atoms with Gasteiger partial charge in [0.2, 0.25) is 0 Å². The molecule has 3 N–H and O–H groups in total. The predicted octanol–water partition coefficient (Wildman–Crippen LogP) is 2.55. The standard InChI is InChI=1S/C26H29N3O2/c1-20-13-15-23(16-14-20)27-25(30)18-29(2)19-26(31)28-24(22-11-7-4-8-12-22)17-21-9-5-3-6-10-21/h3-16,24H,17-19H2,1-2H3,(H,27,30)(H,28,31)/p+1/t24-/m1/s1. The lowest BCUT2D eigenvalue weighted by atomic mass is 9.99. The molecule has 0 aliphatic rings. The number of benzene rings is 3. The van der Waals surface area contributed by atoms with Crippen LogP contribution in [0.2, 0.25) is 0 Å². The molecule has 5 nitrogen and oxygen atoms in total. The maximum atomic E-state index is 12.7. The molecule has 2 amide bonds. The first-order valence-corrected chi connectivity index (χ1v) is 10.6. The fraction of sp³-hybridized carbons (Fsp3) is 0.231. The number of hydrogen-bond donors (Lipinski definition) is 3. The highest BCUT2D eigenvalue weighted by molar-refractivity contribution is 5.91. The van der Waals surface area contributed by atoms with Gasteiger partial charge in [0, 0.05) is 5.69 Å². The van der Waals surface area contributed by atoms with Gasteiger partial charge in [0.1, 0.15) is 0 Å². The van der Waals surface area contributed by atoms with Gasteiger partial charge >= 0.3 is 0 Å². The number of quaternary nitrogens is 1. The molecule has 0 heterocycles. The SMILES string of the molecule is Cc1ccc(NC(=O)C[NH+](C)CC(=O)N[C@H](Cc2ccccc2)c2ccccc2)cc1. The van der Waals surface area contributed by atoms with Gasteiger partial charge in [0.15, 0.2) is 13.1 Å². The summed E-state index contributed by atoms with van der Waals surface area (Å²) in [4.78, 5) is 25.9. The summed E-state index contributed by atoms with van der Waals surface area (Å²) in [7, 11) is 1.85. The molecule has 31 heavy (non-hydrogen) atoms. The number of anilines is 1. The summed E-state index contributed by atoms with van der Waals surface area (Å²) < 4.78 is 0. The zero-order valence-electron chi connectivity index (χ0n) is 18.1. The Morgan fingerprint density at radius 1 is 0.806 bits per heavy atom. The molecule has 2 atom stereocenters. The van der Waals surface area contributed by atoms with Crippen LogP contribution >= 0.6 is 0 Å². The van der Waals surface area contributed by atoms with E-state index in [0.29, 0.717) is 6.42 Å². The number of amides is 2. The van der Waals surface area contributed by atoms with Crippen molar-refractivity contribution in [3.8, 4) is 0 Å². The largest absolute Gasteiger partial charge is 0.344 e. The zero-order valence-corrected chi connectivity index (χ0v) is 18.1. The van der Waals surface area contributed by atoms with Gasteiger partial charge in [-0.2, -0.15) is 0 Å². The monoisotopic (exact) mass is 416 g/mol. The third kappa shape index (κ3) is 7.39. The topological polar surface area (TPSA) is 62.6 Å². The van der Waals surface area contributed by atoms with Crippen LogP contribution in [0.4, 0.5) is 5.69 Å². The lowest BCUT2D eigenvalue weighted by molar-refractivity contribution is -0.862. The van der Waals surface area contributed by atoms with Gasteiger partial charge in [-0.05, 0) is 36.6 Å². The molecular weight excluding hydrogens is 386 g/mol. The number of aryl methyl sites for hydroxylation is 1. The van der Waals surface area contributed by atoms with E-state index < -0.39 is 0 Å². The van der Waals surface area contributed by atoms with E-state index in [0.717, 1.165) is 27.3 Å². The van der Waals surface area contributed by atoms with Gasteiger partial charge in [-0.15, -0.1) is 0 Å². The molecule has 5 heteroatoms. The Labute approximate surface area is 184 Å². The molecule has 0 aliphatic heterocycles. The summed E-state index contributed by atoms with van der Waals surface area (Å²) in [5.41, 5.74) is 4.13. The highest BCUT2D eigenvalue weighted by atomic mass is 16.2. The number of likely N-dealkylation sites (N-methyl/N-ethyl adjacent to an activating group) is 1. The zero-order chi connectivity index (χ0) is 22.1. The molecule has 0 radical (unpaired) electrons. The van der Waals surface area contributed by atoms with E-state index in [1.807, 2.05) is 86.8 Å². The van der Waals surface area contributed by atoms with Gasteiger partial charge < -0.3 is 15.5 Å². The van der Waals surface area contributed by atoms with Crippen LogP contribution in [-0.2, 0) is 16.0 Å². The molecular formula is C26H30N3O2+. The normalized spacial score (nSPS) is 12.6. The van der Waals surface area contributed by atoms with E-state index in [4.69, 9.17) is 0 Å². The smallest absolute Gasteiger partial charge is 0.279 e. The molecule has 0 fully saturated rings. The van der Waals surface area contributed by atoms with Crippen molar-refractivity contribution in [2.24, 2.45) is 0 Å². The Balaban J connectivity index is 1.55. The summed E-state index contributed by atoms with van der Waals surface area (Å²) in [6.45, 7) is 2.44. The van der Waals surface area contributed by atoms with E-state index in [-0.39, 0.29) is 30.9 Å². The van der Waals surface area contributed by atoms with Crippen molar-refractivity contribution in [3.63, 3.8) is 0 Å². The minimum Gasteiger partial charge on any atom is -0.344 e. The van der Waals surface area contributed by atoms with Crippen molar-refractivity contribution in [2.75, 3.05) is 25.5 Å². The van der Waals surface area contributed by atoms with Crippen molar-refractivity contribution in [1.29, 1.82) is 0 Å². The second kappa shape index (κ2) is 11.1. The summed E-state index contributed by atoms with van der Waals surface area (Å²) in [6.07, 6.45) is 0.712. The van der Waals surface area contributed by atoms with Crippen LogP contribution in [0, 0.1) is 6.92 Å². The van der Waals surface area contributed by atoms with Crippen LogP contribution < -0.4 is 15.5 Å². The van der Waals surface area contributed by atoms with E-state index in [2.05, 4.69) is 22.8 Å². The van der Waals surface area contributed by atoms with Crippen molar-refractivity contribution < 1.29 is 14.5 Å². The molecule has 3 rings (SSSR count). The van der Waals surface area contributed by atoms with Gasteiger partial charge in [-0.3, -0.25) is 9.59 Å². The van der Waals surface area contributed by atoms with E-state index in [1.54, 1.807) is 0 Å². The quantitative estimate of drug-likeness (QED) is 0.502. The molecule has 3 aromatic rings. The minimum absolute atomic E-state index is 0.0783. The predicted molar refractivity (Wildman–Crippen MR) is 124 cm³/mol. The molecule has 0 saturated carbocycles. The molecule has 3 aromatic carbocycles. The molecule has 0 aliphatic carbocycles. The second-order valence-corrected chi connectivity index (χ2v) is 7.95.